The molecule has 2 aromatic carbocycles. The van der Waals surface area contributed by atoms with E-state index in [1.54, 1.807) is 0 Å². The average molecular weight is 342 g/mol. The summed E-state index contributed by atoms with van der Waals surface area (Å²) in [6.45, 7) is 0.550. The number of nitro benzene ring substituents is 1. The summed E-state index contributed by atoms with van der Waals surface area (Å²) in [5.74, 6) is 0.280. The van der Waals surface area contributed by atoms with Gasteiger partial charge in [0.15, 0.2) is 0 Å². The van der Waals surface area contributed by atoms with Gasteiger partial charge >= 0.3 is 0 Å². The molecule has 1 unspecified atom stereocenters. The standard InChI is InChI=1S/C13H12ClN3O4S/c14-5-7-6-16-11-4-12(17(18)19)9-2-1-8(22(15,20)21)3-10(9)13(7)11/h1-4,7,16H,5-6H2,(H2,15,20,21). The first-order chi connectivity index (χ1) is 10.3. The van der Waals surface area contributed by atoms with E-state index in [0.29, 0.717) is 28.9 Å². The third-order valence-electron chi connectivity index (χ3n) is 3.79. The SMILES string of the molecule is NS(=O)(=O)c1ccc2c([N+](=O)[O-])cc3c(c2c1)C(CCl)CN3. The van der Waals surface area contributed by atoms with Crippen LogP contribution in [0.15, 0.2) is 29.2 Å². The maximum Gasteiger partial charge on any atom is 0.279 e. The highest BCUT2D eigenvalue weighted by Gasteiger charge is 2.29. The van der Waals surface area contributed by atoms with Crippen molar-refractivity contribution in [1.82, 2.24) is 0 Å². The van der Waals surface area contributed by atoms with Gasteiger partial charge in [-0.1, -0.05) is 0 Å². The van der Waals surface area contributed by atoms with E-state index in [1.165, 1.54) is 24.3 Å². The third-order valence-corrected chi connectivity index (χ3v) is 5.07. The number of nitro groups is 1. The smallest absolute Gasteiger partial charge is 0.279 e. The van der Waals surface area contributed by atoms with E-state index in [-0.39, 0.29) is 16.5 Å². The Bertz CT molecular complexity index is 898. The van der Waals surface area contributed by atoms with Crippen LogP contribution in [0.2, 0.25) is 0 Å². The van der Waals surface area contributed by atoms with E-state index < -0.39 is 14.9 Å². The fourth-order valence-electron chi connectivity index (χ4n) is 2.79. The summed E-state index contributed by atoms with van der Waals surface area (Å²) in [4.78, 5) is 10.7. The second-order valence-corrected chi connectivity index (χ2v) is 6.97. The Labute approximate surface area is 131 Å². The monoisotopic (exact) mass is 341 g/mol. The number of rotatable bonds is 3. The summed E-state index contributed by atoms with van der Waals surface area (Å²) < 4.78 is 23.1. The number of sulfonamides is 1. The summed E-state index contributed by atoms with van der Waals surface area (Å²) in [5, 5.41) is 20.4. The van der Waals surface area contributed by atoms with Crippen LogP contribution in [0.25, 0.3) is 10.8 Å². The van der Waals surface area contributed by atoms with Gasteiger partial charge in [0.25, 0.3) is 5.69 Å². The minimum atomic E-state index is -3.89. The Balaban J connectivity index is 2.42. The van der Waals surface area contributed by atoms with Crippen LogP contribution in [0.3, 0.4) is 0 Å². The van der Waals surface area contributed by atoms with E-state index in [0.717, 1.165) is 5.56 Å². The zero-order chi connectivity index (χ0) is 16.1. The van der Waals surface area contributed by atoms with Crippen LogP contribution >= 0.6 is 11.6 Å². The molecule has 0 saturated heterocycles. The van der Waals surface area contributed by atoms with Crippen molar-refractivity contribution in [3.63, 3.8) is 0 Å². The number of nitrogens with two attached hydrogens (primary N) is 1. The van der Waals surface area contributed by atoms with Crippen LogP contribution in [-0.2, 0) is 10.0 Å². The Morgan fingerprint density at radius 2 is 2.09 bits per heavy atom. The number of alkyl halides is 1. The zero-order valence-electron chi connectivity index (χ0n) is 11.2. The Morgan fingerprint density at radius 1 is 1.36 bits per heavy atom. The maximum absolute atomic E-state index is 11.5. The van der Waals surface area contributed by atoms with E-state index >= 15 is 0 Å². The predicted molar refractivity (Wildman–Crippen MR) is 83.9 cm³/mol. The van der Waals surface area contributed by atoms with Crippen molar-refractivity contribution < 1.29 is 13.3 Å². The summed E-state index contributed by atoms with van der Waals surface area (Å²) in [6.07, 6.45) is 0. The predicted octanol–water partition coefficient (Wildman–Crippen LogP) is 2.14. The molecule has 0 radical (unpaired) electrons. The molecule has 116 valence electrons. The van der Waals surface area contributed by atoms with Crippen molar-refractivity contribution in [1.29, 1.82) is 0 Å². The van der Waals surface area contributed by atoms with Crippen LogP contribution in [0, 0.1) is 10.1 Å². The largest absolute Gasteiger partial charge is 0.384 e. The van der Waals surface area contributed by atoms with Gasteiger partial charge in [-0.25, -0.2) is 13.6 Å². The highest BCUT2D eigenvalue weighted by Crippen LogP contribution is 2.42. The molecule has 0 bridgehead atoms. The van der Waals surface area contributed by atoms with Crippen LogP contribution in [0.4, 0.5) is 11.4 Å². The Kier molecular flexibility index (Phi) is 3.47. The van der Waals surface area contributed by atoms with Crippen molar-refractivity contribution in [2.45, 2.75) is 10.8 Å². The van der Waals surface area contributed by atoms with Gasteiger partial charge < -0.3 is 5.32 Å². The molecule has 7 nitrogen and oxygen atoms in total. The van der Waals surface area contributed by atoms with E-state index in [1.807, 2.05) is 0 Å². The number of halogens is 1. The van der Waals surface area contributed by atoms with Gasteiger partial charge in [0, 0.05) is 30.1 Å². The quantitative estimate of drug-likeness (QED) is 0.504. The second-order valence-electron chi connectivity index (χ2n) is 5.10. The molecule has 9 heteroatoms. The highest BCUT2D eigenvalue weighted by molar-refractivity contribution is 7.89. The topological polar surface area (TPSA) is 115 Å². The second kappa shape index (κ2) is 5.08. The lowest BCUT2D eigenvalue weighted by molar-refractivity contribution is -0.383. The Morgan fingerprint density at radius 3 is 2.68 bits per heavy atom. The van der Waals surface area contributed by atoms with Gasteiger partial charge in [0.05, 0.1) is 15.2 Å². The van der Waals surface area contributed by atoms with Crippen LogP contribution in [0.5, 0.6) is 0 Å². The molecule has 1 atom stereocenters. The normalized spacial score (nSPS) is 17.3. The number of non-ortho nitro benzene ring substituents is 1. The number of fused-ring (bicyclic) bond motifs is 3. The molecule has 0 spiro atoms. The molecule has 3 N–H and O–H groups in total. The molecule has 1 aliphatic rings. The minimum absolute atomic E-state index is 0.0456. The third kappa shape index (κ3) is 2.29. The molecule has 1 heterocycles. The minimum Gasteiger partial charge on any atom is -0.384 e. The number of anilines is 1. The number of hydrogen-bond donors (Lipinski definition) is 2. The van der Waals surface area contributed by atoms with E-state index in [4.69, 9.17) is 16.7 Å². The first-order valence-corrected chi connectivity index (χ1v) is 8.48. The molecule has 2 aromatic rings. The van der Waals surface area contributed by atoms with Gasteiger partial charge in [-0.05, 0) is 29.1 Å². The molecule has 1 aliphatic heterocycles. The molecule has 0 fully saturated rings. The lowest BCUT2D eigenvalue weighted by Crippen LogP contribution is -2.12. The molecule has 0 aromatic heterocycles. The van der Waals surface area contributed by atoms with Gasteiger partial charge in [-0.3, -0.25) is 10.1 Å². The van der Waals surface area contributed by atoms with Gasteiger partial charge in [-0.2, -0.15) is 0 Å². The Hall–Kier alpha value is -1.90. The van der Waals surface area contributed by atoms with Crippen LogP contribution in [0.1, 0.15) is 11.5 Å². The molecular weight excluding hydrogens is 330 g/mol. The zero-order valence-corrected chi connectivity index (χ0v) is 12.8. The van der Waals surface area contributed by atoms with Crippen molar-refractivity contribution in [2.24, 2.45) is 5.14 Å². The van der Waals surface area contributed by atoms with Crippen molar-refractivity contribution in [3.05, 3.63) is 39.9 Å². The van der Waals surface area contributed by atoms with Crippen LogP contribution in [-0.4, -0.2) is 25.8 Å². The van der Waals surface area contributed by atoms with Gasteiger partial charge in [0.2, 0.25) is 10.0 Å². The van der Waals surface area contributed by atoms with Gasteiger partial charge in [0.1, 0.15) is 0 Å². The lowest BCUT2D eigenvalue weighted by Gasteiger charge is -2.11. The fourth-order valence-corrected chi connectivity index (χ4v) is 3.59. The van der Waals surface area contributed by atoms with Crippen molar-refractivity contribution in [3.8, 4) is 0 Å². The van der Waals surface area contributed by atoms with Crippen LogP contribution < -0.4 is 10.5 Å². The summed E-state index contributed by atoms with van der Waals surface area (Å²) in [5.41, 5.74) is 1.31. The highest BCUT2D eigenvalue weighted by atomic mass is 35.5. The van der Waals surface area contributed by atoms with E-state index in [2.05, 4.69) is 5.32 Å². The molecule has 3 rings (SSSR count). The molecule has 0 saturated carbocycles. The molecule has 0 aliphatic carbocycles. The number of nitrogens with zero attached hydrogens (tertiary/aromatic N) is 1. The summed E-state index contributed by atoms with van der Waals surface area (Å²) >= 11 is 5.95. The molecule has 0 amide bonds. The van der Waals surface area contributed by atoms with Crippen molar-refractivity contribution >= 4 is 43.8 Å². The number of hydrogen-bond acceptors (Lipinski definition) is 5. The average Bonchev–Trinajstić information content (AvgIpc) is 2.87. The first kappa shape index (κ1) is 15.0. The van der Waals surface area contributed by atoms with E-state index in [9.17, 15) is 18.5 Å². The molecule has 22 heavy (non-hydrogen) atoms. The lowest BCUT2D eigenvalue weighted by atomic mass is 9.95. The maximum atomic E-state index is 11.5. The summed E-state index contributed by atoms with van der Waals surface area (Å²) in [6, 6.07) is 5.52. The van der Waals surface area contributed by atoms with Crippen molar-refractivity contribution in [2.75, 3.05) is 17.7 Å². The molecular formula is C13H12ClN3O4S. The number of primary sulfonamides is 1. The first-order valence-electron chi connectivity index (χ1n) is 6.40. The summed E-state index contributed by atoms with van der Waals surface area (Å²) in [7, 11) is -3.89. The number of nitrogens with one attached hydrogen (secondary N) is 1. The van der Waals surface area contributed by atoms with Gasteiger partial charge in [-0.15, -0.1) is 11.6 Å². The fraction of sp³-hybridized carbons (Fsp3) is 0.231. The number of benzene rings is 2.